The summed E-state index contributed by atoms with van der Waals surface area (Å²) in [5.41, 5.74) is 0.866. The van der Waals surface area contributed by atoms with E-state index in [4.69, 9.17) is 10.4 Å². The summed E-state index contributed by atoms with van der Waals surface area (Å²) in [6.45, 7) is 2.27. The van der Waals surface area contributed by atoms with Crippen LogP contribution in [-0.2, 0) is 15.8 Å². The van der Waals surface area contributed by atoms with E-state index in [0.717, 1.165) is 12.8 Å². The second-order valence-corrected chi connectivity index (χ2v) is 6.47. The number of benzene rings is 1. The average Bonchev–Trinajstić information content (AvgIpc) is 2.43. The molecule has 0 atom stereocenters. The molecular formula is C14H20N2O3S. The fourth-order valence-corrected chi connectivity index (χ4v) is 3.47. The fourth-order valence-electron chi connectivity index (χ4n) is 1.88. The van der Waals surface area contributed by atoms with Gasteiger partial charge in [-0.3, -0.25) is 0 Å². The maximum Gasteiger partial charge on any atom is 0.218 e. The van der Waals surface area contributed by atoms with Gasteiger partial charge in [0.15, 0.2) is 0 Å². The Bertz CT molecular complexity index is 564. The highest BCUT2D eigenvalue weighted by Crippen LogP contribution is 2.15. The van der Waals surface area contributed by atoms with E-state index in [2.05, 4.69) is 0 Å². The molecule has 0 saturated carbocycles. The minimum Gasteiger partial charge on any atom is -0.395 e. The maximum atomic E-state index is 12.4. The van der Waals surface area contributed by atoms with E-state index in [1.807, 2.05) is 13.0 Å². The van der Waals surface area contributed by atoms with Crippen LogP contribution in [0.5, 0.6) is 0 Å². The number of aliphatic hydroxyl groups excluding tert-OH is 1. The summed E-state index contributed by atoms with van der Waals surface area (Å²) < 4.78 is 26.0. The van der Waals surface area contributed by atoms with Gasteiger partial charge in [0.05, 0.1) is 24.0 Å². The minimum atomic E-state index is -3.52. The zero-order chi connectivity index (χ0) is 15.0. The molecule has 0 aliphatic heterocycles. The van der Waals surface area contributed by atoms with Crippen molar-refractivity contribution in [3.63, 3.8) is 0 Å². The highest BCUT2D eigenvalue weighted by molar-refractivity contribution is 7.88. The Morgan fingerprint density at radius 3 is 2.60 bits per heavy atom. The molecule has 0 aliphatic rings. The van der Waals surface area contributed by atoms with Crippen molar-refractivity contribution < 1.29 is 13.5 Å². The van der Waals surface area contributed by atoms with Gasteiger partial charge in [-0.2, -0.15) is 9.57 Å². The zero-order valence-electron chi connectivity index (χ0n) is 11.6. The minimum absolute atomic E-state index is 0.0943. The molecule has 0 spiro atoms. The van der Waals surface area contributed by atoms with Crippen molar-refractivity contribution in [3.8, 4) is 6.07 Å². The summed E-state index contributed by atoms with van der Waals surface area (Å²) >= 11 is 0. The van der Waals surface area contributed by atoms with Gasteiger partial charge in [-0.1, -0.05) is 31.5 Å². The smallest absolute Gasteiger partial charge is 0.218 e. The van der Waals surface area contributed by atoms with E-state index in [9.17, 15) is 8.42 Å². The van der Waals surface area contributed by atoms with Crippen LogP contribution in [0.25, 0.3) is 0 Å². The van der Waals surface area contributed by atoms with Crippen LogP contribution >= 0.6 is 0 Å². The van der Waals surface area contributed by atoms with E-state index < -0.39 is 10.0 Å². The highest BCUT2D eigenvalue weighted by Gasteiger charge is 2.22. The van der Waals surface area contributed by atoms with E-state index >= 15 is 0 Å². The Morgan fingerprint density at radius 1 is 1.30 bits per heavy atom. The number of sulfonamides is 1. The lowest BCUT2D eigenvalue weighted by molar-refractivity contribution is 0.252. The lowest BCUT2D eigenvalue weighted by atomic mass is 10.1. The standard InChI is InChI=1S/C14H20N2O3S/c1-2-3-8-16(9-10-17)20(18,19)12-14-7-5-4-6-13(14)11-15/h4-7,17H,2-3,8-10,12H2,1H3. The summed E-state index contributed by atoms with van der Waals surface area (Å²) in [5, 5.41) is 18.0. The van der Waals surface area contributed by atoms with Gasteiger partial charge < -0.3 is 5.11 Å². The third-order valence-electron chi connectivity index (χ3n) is 2.98. The largest absolute Gasteiger partial charge is 0.395 e. The number of aliphatic hydroxyl groups is 1. The first kappa shape index (κ1) is 16.6. The molecule has 1 N–H and O–H groups in total. The van der Waals surface area contributed by atoms with Crippen molar-refractivity contribution in [1.29, 1.82) is 5.26 Å². The van der Waals surface area contributed by atoms with Crippen molar-refractivity contribution in [2.45, 2.75) is 25.5 Å². The van der Waals surface area contributed by atoms with Crippen LogP contribution in [0.15, 0.2) is 24.3 Å². The molecule has 0 aromatic heterocycles. The molecule has 0 fully saturated rings. The zero-order valence-corrected chi connectivity index (χ0v) is 12.4. The summed E-state index contributed by atoms with van der Waals surface area (Å²) in [5.74, 6) is -0.208. The van der Waals surface area contributed by atoms with Crippen LogP contribution in [0.1, 0.15) is 30.9 Å². The Hall–Kier alpha value is -1.42. The van der Waals surface area contributed by atoms with Gasteiger partial charge in [0.1, 0.15) is 0 Å². The molecule has 0 amide bonds. The van der Waals surface area contributed by atoms with Gasteiger partial charge in [-0.25, -0.2) is 8.42 Å². The third kappa shape index (κ3) is 4.60. The molecule has 1 aromatic carbocycles. The molecule has 6 heteroatoms. The predicted octanol–water partition coefficient (Wildman–Crippen LogP) is 1.48. The Kier molecular flexibility index (Phi) is 6.65. The Balaban J connectivity index is 2.94. The Labute approximate surface area is 120 Å². The number of hydrogen-bond acceptors (Lipinski definition) is 4. The molecule has 20 heavy (non-hydrogen) atoms. The van der Waals surface area contributed by atoms with Crippen molar-refractivity contribution in [2.24, 2.45) is 0 Å². The lowest BCUT2D eigenvalue weighted by Crippen LogP contribution is -2.35. The highest BCUT2D eigenvalue weighted by atomic mass is 32.2. The summed E-state index contributed by atoms with van der Waals surface area (Å²) in [6.07, 6.45) is 1.63. The van der Waals surface area contributed by atoms with Crippen molar-refractivity contribution in [2.75, 3.05) is 19.7 Å². The van der Waals surface area contributed by atoms with Gasteiger partial charge in [-0.05, 0) is 18.1 Å². The summed E-state index contributed by atoms with van der Waals surface area (Å²) in [7, 11) is -3.52. The first-order chi connectivity index (χ1) is 9.55. The van der Waals surface area contributed by atoms with Crippen LogP contribution in [0, 0.1) is 11.3 Å². The SMILES string of the molecule is CCCCN(CCO)S(=O)(=O)Cc1ccccc1C#N. The van der Waals surface area contributed by atoms with Gasteiger partial charge in [0.25, 0.3) is 0 Å². The van der Waals surface area contributed by atoms with Crippen LogP contribution < -0.4 is 0 Å². The topological polar surface area (TPSA) is 81.4 Å². The van der Waals surface area contributed by atoms with Crippen LogP contribution in [0.4, 0.5) is 0 Å². The molecule has 0 unspecified atom stereocenters. The maximum absolute atomic E-state index is 12.4. The van der Waals surface area contributed by atoms with Gasteiger partial charge in [0.2, 0.25) is 10.0 Å². The van der Waals surface area contributed by atoms with E-state index in [1.165, 1.54) is 4.31 Å². The molecule has 0 heterocycles. The quantitative estimate of drug-likeness (QED) is 0.788. The number of hydrogen-bond donors (Lipinski definition) is 1. The second-order valence-electron chi connectivity index (χ2n) is 4.50. The molecule has 0 bridgehead atoms. The molecule has 1 rings (SSSR count). The molecular weight excluding hydrogens is 276 g/mol. The molecule has 0 radical (unpaired) electrons. The lowest BCUT2D eigenvalue weighted by Gasteiger charge is -2.21. The van der Waals surface area contributed by atoms with Crippen LogP contribution in [0.2, 0.25) is 0 Å². The molecule has 110 valence electrons. The molecule has 0 aliphatic carbocycles. The first-order valence-corrected chi connectivity index (χ1v) is 8.22. The van der Waals surface area contributed by atoms with Crippen LogP contribution in [-0.4, -0.2) is 37.5 Å². The van der Waals surface area contributed by atoms with E-state index in [-0.39, 0.29) is 18.9 Å². The molecule has 1 aromatic rings. The number of nitrogens with zero attached hydrogens (tertiary/aromatic N) is 2. The monoisotopic (exact) mass is 296 g/mol. The molecule has 0 saturated heterocycles. The van der Waals surface area contributed by atoms with Crippen molar-refractivity contribution in [3.05, 3.63) is 35.4 Å². The first-order valence-electron chi connectivity index (χ1n) is 6.61. The second kappa shape index (κ2) is 8.00. The number of nitriles is 1. The van der Waals surface area contributed by atoms with E-state index in [0.29, 0.717) is 17.7 Å². The van der Waals surface area contributed by atoms with Crippen LogP contribution in [0.3, 0.4) is 0 Å². The third-order valence-corrected chi connectivity index (χ3v) is 4.81. The van der Waals surface area contributed by atoms with Crippen molar-refractivity contribution >= 4 is 10.0 Å². The number of unbranched alkanes of at least 4 members (excludes halogenated alkanes) is 1. The molecule has 5 nitrogen and oxygen atoms in total. The fraction of sp³-hybridized carbons (Fsp3) is 0.500. The van der Waals surface area contributed by atoms with Gasteiger partial charge in [-0.15, -0.1) is 0 Å². The average molecular weight is 296 g/mol. The number of rotatable bonds is 8. The summed E-state index contributed by atoms with van der Waals surface area (Å²) in [4.78, 5) is 0. The van der Waals surface area contributed by atoms with Gasteiger partial charge >= 0.3 is 0 Å². The van der Waals surface area contributed by atoms with Crippen molar-refractivity contribution in [1.82, 2.24) is 4.31 Å². The summed E-state index contributed by atoms with van der Waals surface area (Å²) in [6, 6.07) is 8.67. The Morgan fingerprint density at radius 2 is 2.00 bits per heavy atom. The predicted molar refractivity (Wildman–Crippen MR) is 77.3 cm³/mol. The normalized spacial score (nSPS) is 11.5. The van der Waals surface area contributed by atoms with E-state index in [1.54, 1.807) is 24.3 Å². The van der Waals surface area contributed by atoms with Gasteiger partial charge in [0, 0.05) is 13.1 Å².